The molecule has 0 spiro atoms. The number of aromatic nitrogens is 2. The lowest BCUT2D eigenvalue weighted by Crippen LogP contribution is -2.22. The van der Waals surface area contributed by atoms with Crippen molar-refractivity contribution in [3.8, 4) is 0 Å². The van der Waals surface area contributed by atoms with Gasteiger partial charge in [-0.3, -0.25) is 4.79 Å². The smallest absolute Gasteiger partial charge is 0.294 e. The van der Waals surface area contributed by atoms with Crippen LogP contribution >= 0.6 is 11.6 Å². The quantitative estimate of drug-likeness (QED) is 0.577. The van der Waals surface area contributed by atoms with Gasteiger partial charge in [0.2, 0.25) is 5.58 Å². The first-order valence-corrected chi connectivity index (χ1v) is 8.39. The highest BCUT2D eigenvalue weighted by Gasteiger charge is 2.14. The molecule has 2 heterocycles. The van der Waals surface area contributed by atoms with Gasteiger partial charge in [0.1, 0.15) is 16.9 Å². The molecule has 2 aromatic carbocycles. The van der Waals surface area contributed by atoms with Crippen molar-refractivity contribution in [1.29, 1.82) is 0 Å². The third-order valence-electron chi connectivity index (χ3n) is 4.23. The minimum Gasteiger partial charge on any atom is -0.449 e. The number of H-pyrrole nitrogens is 1. The molecule has 0 aliphatic carbocycles. The molecule has 0 amide bonds. The van der Waals surface area contributed by atoms with Crippen molar-refractivity contribution in [1.82, 2.24) is 15.3 Å². The number of furan rings is 1. The standard InChI is InChI=1S/C19H16ClN3O2/c1-11(12-6-2-4-8-14(12)20)21-10-16-22-17-13-7-3-5-9-15(13)25-18(17)19(24)23-16/h2-9,11,21H,10H2,1H3,(H,22,23,24). The predicted molar refractivity (Wildman–Crippen MR) is 98.8 cm³/mol. The molecule has 2 N–H and O–H groups in total. The van der Waals surface area contributed by atoms with Crippen molar-refractivity contribution in [3.63, 3.8) is 0 Å². The van der Waals surface area contributed by atoms with Crippen molar-refractivity contribution < 1.29 is 4.42 Å². The Morgan fingerprint density at radius 3 is 2.80 bits per heavy atom. The first-order chi connectivity index (χ1) is 12.1. The van der Waals surface area contributed by atoms with Crippen LogP contribution in [0.5, 0.6) is 0 Å². The topological polar surface area (TPSA) is 70.9 Å². The molecule has 5 nitrogen and oxygen atoms in total. The number of benzene rings is 2. The number of fused-ring (bicyclic) bond motifs is 3. The molecule has 0 saturated heterocycles. The van der Waals surface area contributed by atoms with Gasteiger partial charge in [-0.05, 0) is 30.7 Å². The molecule has 2 aromatic heterocycles. The summed E-state index contributed by atoms with van der Waals surface area (Å²) in [5.41, 5.74) is 2.22. The Labute approximate surface area is 148 Å². The molecule has 0 saturated carbocycles. The van der Waals surface area contributed by atoms with Gasteiger partial charge in [0.05, 0.1) is 6.54 Å². The summed E-state index contributed by atoms with van der Waals surface area (Å²) in [6, 6.07) is 15.2. The molecule has 0 fully saturated rings. The molecule has 0 aliphatic heterocycles. The molecule has 6 heteroatoms. The van der Waals surface area contributed by atoms with Gasteiger partial charge in [-0.25, -0.2) is 4.98 Å². The Morgan fingerprint density at radius 1 is 1.20 bits per heavy atom. The van der Waals surface area contributed by atoms with Crippen molar-refractivity contribution in [3.05, 3.63) is 75.3 Å². The number of nitrogens with zero attached hydrogens (tertiary/aromatic N) is 1. The minimum atomic E-state index is -0.275. The van der Waals surface area contributed by atoms with Crippen LogP contribution in [0, 0.1) is 0 Å². The van der Waals surface area contributed by atoms with Crippen molar-refractivity contribution in [2.24, 2.45) is 0 Å². The third kappa shape index (κ3) is 2.92. The molecule has 126 valence electrons. The van der Waals surface area contributed by atoms with E-state index in [9.17, 15) is 4.79 Å². The minimum absolute atomic E-state index is 0.0239. The summed E-state index contributed by atoms with van der Waals surface area (Å²) in [4.78, 5) is 19.6. The second kappa shape index (κ2) is 6.35. The highest BCUT2D eigenvalue weighted by Crippen LogP contribution is 2.25. The number of halogens is 1. The molecule has 0 bridgehead atoms. The van der Waals surface area contributed by atoms with Crippen LogP contribution in [-0.4, -0.2) is 9.97 Å². The van der Waals surface area contributed by atoms with Crippen LogP contribution in [0.3, 0.4) is 0 Å². The molecular formula is C19H16ClN3O2. The van der Waals surface area contributed by atoms with Gasteiger partial charge in [0.15, 0.2) is 0 Å². The Morgan fingerprint density at radius 2 is 1.96 bits per heavy atom. The van der Waals surface area contributed by atoms with Crippen LogP contribution in [0.4, 0.5) is 0 Å². The summed E-state index contributed by atoms with van der Waals surface area (Å²) in [6.45, 7) is 2.43. The number of nitrogens with one attached hydrogen (secondary N) is 2. The Hall–Kier alpha value is -2.63. The SMILES string of the molecule is CC(NCc1nc2c(oc3ccccc32)c(=O)[nH]1)c1ccccc1Cl. The lowest BCUT2D eigenvalue weighted by atomic mass is 10.1. The summed E-state index contributed by atoms with van der Waals surface area (Å²) in [5, 5.41) is 4.89. The lowest BCUT2D eigenvalue weighted by Gasteiger charge is -2.15. The van der Waals surface area contributed by atoms with E-state index >= 15 is 0 Å². The van der Waals surface area contributed by atoms with E-state index in [1.54, 1.807) is 0 Å². The fourth-order valence-electron chi connectivity index (χ4n) is 2.92. The van der Waals surface area contributed by atoms with Crippen LogP contribution < -0.4 is 10.9 Å². The van der Waals surface area contributed by atoms with E-state index in [4.69, 9.17) is 16.0 Å². The zero-order chi connectivity index (χ0) is 17.4. The fraction of sp³-hybridized carbons (Fsp3) is 0.158. The zero-order valence-corrected chi connectivity index (χ0v) is 14.3. The molecule has 25 heavy (non-hydrogen) atoms. The average Bonchev–Trinajstić information content (AvgIpc) is 3.00. The Balaban J connectivity index is 1.65. The monoisotopic (exact) mass is 353 g/mol. The lowest BCUT2D eigenvalue weighted by molar-refractivity contribution is 0.558. The highest BCUT2D eigenvalue weighted by molar-refractivity contribution is 6.31. The number of hydrogen-bond acceptors (Lipinski definition) is 4. The van der Waals surface area contributed by atoms with Crippen LogP contribution in [0.15, 0.2) is 57.7 Å². The fourth-order valence-corrected chi connectivity index (χ4v) is 3.22. The van der Waals surface area contributed by atoms with Crippen molar-refractivity contribution >= 4 is 33.7 Å². The molecule has 4 aromatic rings. The maximum absolute atomic E-state index is 12.3. The number of rotatable bonds is 4. The largest absolute Gasteiger partial charge is 0.449 e. The number of aromatic amines is 1. The second-order valence-electron chi connectivity index (χ2n) is 5.91. The first kappa shape index (κ1) is 15.9. The Bertz CT molecular complexity index is 1120. The summed E-state index contributed by atoms with van der Waals surface area (Å²) >= 11 is 6.23. The van der Waals surface area contributed by atoms with Crippen molar-refractivity contribution in [2.45, 2.75) is 19.5 Å². The summed E-state index contributed by atoms with van der Waals surface area (Å²) in [7, 11) is 0. The van der Waals surface area contributed by atoms with Gasteiger partial charge in [-0.2, -0.15) is 0 Å². The molecule has 1 unspecified atom stereocenters. The molecule has 0 radical (unpaired) electrons. The van der Waals surface area contributed by atoms with Crippen molar-refractivity contribution in [2.75, 3.05) is 0 Å². The van der Waals surface area contributed by atoms with E-state index in [0.717, 1.165) is 10.9 Å². The molecule has 1 atom stereocenters. The molecular weight excluding hydrogens is 338 g/mol. The average molecular weight is 354 g/mol. The second-order valence-corrected chi connectivity index (χ2v) is 6.32. The van der Waals surface area contributed by atoms with E-state index in [1.807, 2.05) is 55.5 Å². The van der Waals surface area contributed by atoms with E-state index < -0.39 is 0 Å². The summed E-state index contributed by atoms with van der Waals surface area (Å²) < 4.78 is 5.60. The highest BCUT2D eigenvalue weighted by atomic mass is 35.5. The van der Waals surface area contributed by atoms with Crippen LogP contribution in [-0.2, 0) is 6.54 Å². The maximum atomic E-state index is 12.3. The van der Waals surface area contributed by atoms with Crippen LogP contribution in [0.1, 0.15) is 24.4 Å². The normalized spacial score (nSPS) is 12.7. The van der Waals surface area contributed by atoms with Crippen LogP contribution in [0.2, 0.25) is 5.02 Å². The number of para-hydroxylation sites is 1. The third-order valence-corrected chi connectivity index (χ3v) is 4.57. The summed E-state index contributed by atoms with van der Waals surface area (Å²) in [5.74, 6) is 0.558. The van der Waals surface area contributed by atoms with E-state index in [1.165, 1.54) is 0 Å². The van der Waals surface area contributed by atoms with Gasteiger partial charge < -0.3 is 14.7 Å². The number of hydrogen-bond donors (Lipinski definition) is 2. The van der Waals surface area contributed by atoms with Gasteiger partial charge in [0, 0.05) is 16.5 Å². The first-order valence-electron chi connectivity index (χ1n) is 8.02. The van der Waals surface area contributed by atoms with Gasteiger partial charge in [-0.1, -0.05) is 41.9 Å². The molecule has 4 rings (SSSR count). The van der Waals surface area contributed by atoms with E-state index in [-0.39, 0.29) is 17.2 Å². The van der Waals surface area contributed by atoms with Gasteiger partial charge in [-0.15, -0.1) is 0 Å². The zero-order valence-electron chi connectivity index (χ0n) is 13.5. The Kier molecular flexibility index (Phi) is 4.03. The van der Waals surface area contributed by atoms with Gasteiger partial charge >= 0.3 is 0 Å². The maximum Gasteiger partial charge on any atom is 0.294 e. The van der Waals surface area contributed by atoms with E-state index in [2.05, 4.69) is 15.3 Å². The summed E-state index contributed by atoms with van der Waals surface area (Å²) in [6.07, 6.45) is 0. The van der Waals surface area contributed by atoms with Crippen LogP contribution in [0.25, 0.3) is 22.1 Å². The van der Waals surface area contributed by atoms with E-state index in [0.29, 0.717) is 28.5 Å². The predicted octanol–water partition coefficient (Wildman–Crippen LogP) is 4.17. The molecule has 0 aliphatic rings. The van der Waals surface area contributed by atoms with Gasteiger partial charge in [0.25, 0.3) is 5.56 Å².